The van der Waals surface area contributed by atoms with E-state index in [1.54, 1.807) is 0 Å². The van der Waals surface area contributed by atoms with E-state index in [1.807, 2.05) is 23.0 Å². The van der Waals surface area contributed by atoms with Crippen LogP contribution in [0.1, 0.15) is 19.9 Å². The molecule has 0 radical (unpaired) electrons. The lowest BCUT2D eigenvalue weighted by molar-refractivity contribution is 0.551. The molecule has 0 atom stereocenters. The van der Waals surface area contributed by atoms with Crippen molar-refractivity contribution in [2.24, 2.45) is 0 Å². The molecule has 0 saturated heterocycles. The molecule has 68 valence electrons. The van der Waals surface area contributed by atoms with Gasteiger partial charge in [0, 0.05) is 15.9 Å². The average Bonchev–Trinajstić information content (AvgIpc) is 2.48. The average molecular weight is 239 g/mol. The second-order valence-electron chi connectivity index (χ2n) is 3.36. The molecule has 0 aliphatic heterocycles. The number of hydrogen-bond acceptors (Lipinski definition) is 1. The summed E-state index contributed by atoms with van der Waals surface area (Å²) >= 11 is 3.51. The quantitative estimate of drug-likeness (QED) is 0.745. The Bertz CT molecular complexity index is 431. The third-order valence-electron chi connectivity index (χ3n) is 2.08. The van der Waals surface area contributed by atoms with Gasteiger partial charge < -0.3 is 0 Å². The normalized spacial score (nSPS) is 11.4. The van der Waals surface area contributed by atoms with Gasteiger partial charge in [-0.1, -0.05) is 22.0 Å². The molecule has 2 rings (SSSR count). The van der Waals surface area contributed by atoms with Crippen molar-refractivity contribution in [2.45, 2.75) is 19.9 Å². The predicted molar refractivity (Wildman–Crippen MR) is 57.8 cm³/mol. The van der Waals surface area contributed by atoms with Gasteiger partial charge >= 0.3 is 0 Å². The molecular weight excluding hydrogens is 228 g/mol. The van der Waals surface area contributed by atoms with Crippen LogP contribution >= 0.6 is 15.9 Å². The summed E-state index contributed by atoms with van der Waals surface area (Å²) in [5.74, 6) is 0. The second kappa shape index (κ2) is 3.14. The van der Waals surface area contributed by atoms with Gasteiger partial charge in [-0.05, 0) is 26.0 Å². The Morgan fingerprint density at radius 1 is 1.38 bits per heavy atom. The first-order valence-electron chi connectivity index (χ1n) is 4.32. The Hall–Kier alpha value is -0.830. The monoisotopic (exact) mass is 238 g/mol. The van der Waals surface area contributed by atoms with Crippen LogP contribution < -0.4 is 0 Å². The molecule has 0 aliphatic rings. The molecule has 0 aliphatic carbocycles. The maximum absolute atomic E-state index is 4.34. The number of aromatic nitrogens is 2. The molecule has 3 heteroatoms. The first kappa shape index (κ1) is 8.75. The highest BCUT2D eigenvalue weighted by atomic mass is 79.9. The Kier molecular flexibility index (Phi) is 2.12. The Labute approximate surface area is 85.7 Å². The highest BCUT2D eigenvalue weighted by Gasteiger charge is 2.06. The Balaban J connectivity index is 2.75. The maximum atomic E-state index is 4.34. The van der Waals surface area contributed by atoms with Gasteiger partial charge in [0.25, 0.3) is 0 Å². The van der Waals surface area contributed by atoms with Crippen molar-refractivity contribution in [1.29, 1.82) is 0 Å². The molecule has 1 heterocycles. The summed E-state index contributed by atoms with van der Waals surface area (Å²) in [5, 5.41) is 5.52. The predicted octanol–water partition coefficient (Wildman–Crippen LogP) is 3.38. The summed E-state index contributed by atoms with van der Waals surface area (Å²) in [4.78, 5) is 0. The number of fused-ring (bicyclic) bond motifs is 1. The summed E-state index contributed by atoms with van der Waals surface area (Å²) in [7, 11) is 0. The summed E-state index contributed by atoms with van der Waals surface area (Å²) in [6, 6.07) is 6.57. The van der Waals surface area contributed by atoms with Gasteiger partial charge in [-0.3, -0.25) is 4.68 Å². The number of halogens is 1. The molecule has 0 fully saturated rings. The molecular formula is C10H11BrN2. The minimum Gasteiger partial charge on any atom is -0.262 e. The fourth-order valence-electron chi connectivity index (χ4n) is 1.45. The topological polar surface area (TPSA) is 17.8 Å². The van der Waals surface area contributed by atoms with E-state index in [-0.39, 0.29) is 0 Å². The molecule has 1 aromatic heterocycles. The molecule has 0 amide bonds. The van der Waals surface area contributed by atoms with Crippen molar-refractivity contribution in [2.75, 3.05) is 0 Å². The van der Waals surface area contributed by atoms with Gasteiger partial charge in [-0.25, -0.2) is 0 Å². The van der Waals surface area contributed by atoms with E-state index in [4.69, 9.17) is 0 Å². The van der Waals surface area contributed by atoms with E-state index >= 15 is 0 Å². The fraction of sp³-hybridized carbons (Fsp3) is 0.300. The maximum Gasteiger partial charge on any atom is 0.0696 e. The van der Waals surface area contributed by atoms with Crippen LogP contribution in [0.4, 0.5) is 0 Å². The van der Waals surface area contributed by atoms with Crippen LogP contribution in [-0.4, -0.2) is 9.78 Å². The largest absolute Gasteiger partial charge is 0.262 e. The van der Waals surface area contributed by atoms with E-state index in [1.165, 1.54) is 10.9 Å². The van der Waals surface area contributed by atoms with Crippen molar-refractivity contribution in [3.05, 3.63) is 28.9 Å². The third-order valence-corrected chi connectivity index (χ3v) is 2.77. The van der Waals surface area contributed by atoms with Gasteiger partial charge in [0.2, 0.25) is 0 Å². The van der Waals surface area contributed by atoms with Crippen molar-refractivity contribution < 1.29 is 0 Å². The van der Waals surface area contributed by atoms with Crippen LogP contribution in [0.15, 0.2) is 28.9 Å². The highest BCUT2D eigenvalue weighted by Crippen LogP contribution is 2.24. The van der Waals surface area contributed by atoms with Crippen molar-refractivity contribution >= 4 is 26.8 Å². The molecule has 1 aromatic carbocycles. The summed E-state index contributed by atoms with van der Waals surface area (Å²) in [6.07, 6.45) is 1.90. The van der Waals surface area contributed by atoms with E-state index in [9.17, 15) is 0 Å². The summed E-state index contributed by atoms with van der Waals surface area (Å²) in [6.45, 7) is 4.26. The zero-order valence-electron chi connectivity index (χ0n) is 7.66. The minimum absolute atomic E-state index is 0.409. The van der Waals surface area contributed by atoms with Crippen LogP contribution in [0.5, 0.6) is 0 Å². The first-order valence-corrected chi connectivity index (χ1v) is 5.11. The number of rotatable bonds is 1. The van der Waals surface area contributed by atoms with Crippen LogP contribution in [0.3, 0.4) is 0 Å². The van der Waals surface area contributed by atoms with Crippen LogP contribution in [0.2, 0.25) is 0 Å². The molecule has 2 aromatic rings. The van der Waals surface area contributed by atoms with Gasteiger partial charge in [0.15, 0.2) is 0 Å². The lowest BCUT2D eigenvalue weighted by Crippen LogP contribution is -2.01. The SMILES string of the molecule is CC(C)n1ncc2c(Br)cccc21. The van der Waals surface area contributed by atoms with Gasteiger partial charge in [0.1, 0.15) is 0 Å². The number of nitrogens with zero attached hydrogens (tertiary/aromatic N) is 2. The fourth-order valence-corrected chi connectivity index (χ4v) is 1.90. The third kappa shape index (κ3) is 1.37. The molecule has 2 nitrogen and oxygen atoms in total. The molecule has 0 N–H and O–H groups in total. The molecule has 0 spiro atoms. The molecule has 13 heavy (non-hydrogen) atoms. The van der Waals surface area contributed by atoms with E-state index < -0.39 is 0 Å². The second-order valence-corrected chi connectivity index (χ2v) is 4.21. The van der Waals surface area contributed by atoms with Crippen LogP contribution in [-0.2, 0) is 0 Å². The smallest absolute Gasteiger partial charge is 0.0696 e. The highest BCUT2D eigenvalue weighted by molar-refractivity contribution is 9.10. The van der Waals surface area contributed by atoms with Crippen molar-refractivity contribution in [3.8, 4) is 0 Å². The van der Waals surface area contributed by atoms with Crippen LogP contribution in [0, 0.1) is 0 Å². The molecule has 0 unspecified atom stereocenters. The van der Waals surface area contributed by atoms with Gasteiger partial charge in [0.05, 0.1) is 11.7 Å². The van der Waals surface area contributed by atoms with Crippen LogP contribution in [0.25, 0.3) is 10.9 Å². The minimum atomic E-state index is 0.409. The Morgan fingerprint density at radius 3 is 2.85 bits per heavy atom. The van der Waals surface area contributed by atoms with Crippen molar-refractivity contribution in [1.82, 2.24) is 9.78 Å². The lowest BCUT2D eigenvalue weighted by atomic mass is 10.2. The van der Waals surface area contributed by atoms with E-state index in [2.05, 4.69) is 40.9 Å². The van der Waals surface area contributed by atoms with Crippen molar-refractivity contribution in [3.63, 3.8) is 0 Å². The zero-order valence-corrected chi connectivity index (χ0v) is 9.25. The van der Waals surface area contributed by atoms with E-state index in [0.29, 0.717) is 6.04 Å². The van der Waals surface area contributed by atoms with Gasteiger partial charge in [-0.2, -0.15) is 5.10 Å². The Morgan fingerprint density at radius 2 is 2.15 bits per heavy atom. The molecule has 0 bridgehead atoms. The summed E-state index contributed by atoms with van der Waals surface area (Å²) in [5.41, 5.74) is 1.18. The lowest BCUT2D eigenvalue weighted by Gasteiger charge is -2.06. The summed E-state index contributed by atoms with van der Waals surface area (Å²) < 4.78 is 3.14. The number of benzene rings is 1. The zero-order chi connectivity index (χ0) is 9.42. The van der Waals surface area contributed by atoms with E-state index in [0.717, 1.165) is 4.47 Å². The number of hydrogen-bond donors (Lipinski definition) is 0. The first-order chi connectivity index (χ1) is 6.20. The standard InChI is InChI=1S/C10H11BrN2/c1-7(2)13-10-5-3-4-9(11)8(10)6-12-13/h3-7H,1-2H3. The molecule has 0 saturated carbocycles. The van der Waals surface area contributed by atoms with Gasteiger partial charge in [-0.15, -0.1) is 0 Å².